The molecule has 2 aromatic carbocycles. The van der Waals surface area contributed by atoms with Crippen LogP contribution in [-0.4, -0.2) is 23.3 Å². The van der Waals surface area contributed by atoms with E-state index in [1.54, 1.807) is 17.0 Å². The van der Waals surface area contributed by atoms with Gasteiger partial charge in [-0.1, -0.05) is 41.9 Å². The monoisotopic (exact) mass is 340 g/mol. The Bertz CT molecular complexity index is 802. The Kier molecular flexibility index (Phi) is 3.77. The number of amides is 2. The summed E-state index contributed by atoms with van der Waals surface area (Å²) in [6.07, 6.45) is 1.81. The average Bonchev–Trinajstić information content (AvgIpc) is 3.42. The molecule has 1 saturated carbocycles. The van der Waals surface area contributed by atoms with E-state index in [2.05, 4.69) is 5.32 Å². The molecule has 1 N–H and O–H groups in total. The van der Waals surface area contributed by atoms with Crippen molar-refractivity contribution in [1.29, 1.82) is 0 Å². The Morgan fingerprint density at radius 2 is 1.88 bits per heavy atom. The highest BCUT2D eigenvalue weighted by Crippen LogP contribution is 2.40. The Labute approximate surface area is 145 Å². The summed E-state index contributed by atoms with van der Waals surface area (Å²) >= 11 is 6.21. The number of carbonyl (C=O) groups excluding carboxylic acids is 2. The fourth-order valence-electron chi connectivity index (χ4n) is 3.24. The molecule has 2 amide bonds. The quantitative estimate of drug-likeness (QED) is 0.907. The van der Waals surface area contributed by atoms with E-state index in [4.69, 9.17) is 11.6 Å². The van der Waals surface area contributed by atoms with Gasteiger partial charge in [0.1, 0.15) is 6.54 Å². The highest BCUT2D eigenvalue weighted by molar-refractivity contribution is 6.30. The lowest BCUT2D eigenvalue weighted by atomic mass is 9.95. The van der Waals surface area contributed by atoms with Gasteiger partial charge in [0.05, 0.1) is 6.04 Å². The van der Waals surface area contributed by atoms with Crippen molar-refractivity contribution in [3.8, 4) is 0 Å². The van der Waals surface area contributed by atoms with Gasteiger partial charge in [-0.15, -0.1) is 0 Å². The summed E-state index contributed by atoms with van der Waals surface area (Å²) in [6, 6.07) is 14.9. The summed E-state index contributed by atoms with van der Waals surface area (Å²) in [5.41, 5.74) is 2.55. The van der Waals surface area contributed by atoms with Crippen molar-refractivity contribution in [3.63, 3.8) is 0 Å². The third-order valence-corrected chi connectivity index (χ3v) is 4.77. The van der Waals surface area contributed by atoms with Crippen LogP contribution < -0.4 is 5.32 Å². The van der Waals surface area contributed by atoms with Crippen LogP contribution in [0.4, 0.5) is 5.69 Å². The van der Waals surface area contributed by atoms with E-state index >= 15 is 0 Å². The molecule has 24 heavy (non-hydrogen) atoms. The van der Waals surface area contributed by atoms with E-state index in [1.807, 2.05) is 36.4 Å². The van der Waals surface area contributed by atoms with Gasteiger partial charge in [-0.05, 0) is 36.6 Å². The molecule has 5 heteroatoms. The van der Waals surface area contributed by atoms with Crippen LogP contribution in [0.15, 0.2) is 48.5 Å². The highest BCUT2D eigenvalue weighted by atomic mass is 35.5. The summed E-state index contributed by atoms with van der Waals surface area (Å²) in [6.45, 7) is 0.0567. The number of fused-ring (bicyclic) bond motifs is 1. The normalized spacial score (nSPS) is 20.1. The number of carbonyl (C=O) groups is 2. The van der Waals surface area contributed by atoms with Gasteiger partial charge in [-0.2, -0.15) is 0 Å². The first-order chi connectivity index (χ1) is 11.6. The van der Waals surface area contributed by atoms with Crippen LogP contribution in [0.5, 0.6) is 0 Å². The lowest BCUT2D eigenvalue weighted by molar-refractivity contribution is -0.137. The number of anilines is 1. The summed E-state index contributed by atoms with van der Waals surface area (Å²) in [4.78, 5) is 26.9. The van der Waals surface area contributed by atoms with Gasteiger partial charge in [0.15, 0.2) is 0 Å². The molecule has 2 aliphatic rings. The lowest BCUT2D eigenvalue weighted by Crippen LogP contribution is -2.39. The molecule has 1 atom stereocenters. The van der Waals surface area contributed by atoms with Crippen LogP contribution in [0, 0.1) is 5.92 Å². The zero-order chi connectivity index (χ0) is 16.7. The summed E-state index contributed by atoms with van der Waals surface area (Å²) in [5.74, 6) is -0.0809. The van der Waals surface area contributed by atoms with E-state index in [-0.39, 0.29) is 30.3 Å². The molecule has 1 heterocycles. The van der Waals surface area contributed by atoms with Crippen LogP contribution in [0.25, 0.3) is 0 Å². The Balaban J connectivity index is 1.88. The number of halogens is 1. The first kappa shape index (κ1) is 15.2. The second-order valence-electron chi connectivity index (χ2n) is 6.33. The maximum Gasteiger partial charge on any atom is 0.244 e. The predicted molar refractivity (Wildman–Crippen MR) is 92.8 cm³/mol. The minimum atomic E-state index is -0.313. The van der Waals surface area contributed by atoms with Crippen LogP contribution in [0.2, 0.25) is 5.02 Å². The fourth-order valence-corrected chi connectivity index (χ4v) is 3.42. The maximum atomic E-state index is 12.9. The van der Waals surface area contributed by atoms with Crippen molar-refractivity contribution in [3.05, 3.63) is 64.7 Å². The van der Waals surface area contributed by atoms with Crippen molar-refractivity contribution in [2.45, 2.75) is 18.9 Å². The second-order valence-corrected chi connectivity index (χ2v) is 6.77. The van der Waals surface area contributed by atoms with Gasteiger partial charge in [0.2, 0.25) is 11.8 Å². The molecule has 0 bridgehead atoms. The van der Waals surface area contributed by atoms with Crippen molar-refractivity contribution in [2.24, 2.45) is 5.92 Å². The summed E-state index contributed by atoms with van der Waals surface area (Å²) in [5, 5.41) is 3.49. The zero-order valence-corrected chi connectivity index (χ0v) is 13.8. The van der Waals surface area contributed by atoms with Gasteiger partial charge in [0, 0.05) is 22.2 Å². The Morgan fingerprint density at radius 1 is 1.12 bits per heavy atom. The molecule has 0 saturated heterocycles. The molecule has 1 aliphatic heterocycles. The minimum Gasteiger partial charge on any atom is -0.324 e. The Morgan fingerprint density at radius 3 is 2.58 bits per heavy atom. The molecule has 2 aromatic rings. The first-order valence-electron chi connectivity index (χ1n) is 8.08. The molecular formula is C19H17ClN2O2. The molecule has 0 unspecified atom stereocenters. The standard InChI is InChI=1S/C19H17ClN2O2/c20-14-8-9-16-15(10-14)18(12-4-2-1-3-5-12)22(11-17(23)21-16)19(24)13-6-7-13/h1-5,8-10,13,18H,6-7,11H2,(H,21,23)/t18-/m0/s1. The number of nitrogens with one attached hydrogen (secondary N) is 1. The molecular weight excluding hydrogens is 324 g/mol. The molecule has 0 aromatic heterocycles. The van der Waals surface area contributed by atoms with Crippen molar-refractivity contribution >= 4 is 29.1 Å². The SMILES string of the molecule is O=C1CN(C(=O)C2CC2)[C@@H](c2ccccc2)c2cc(Cl)ccc2N1. The van der Waals surface area contributed by atoms with Crippen LogP contribution >= 0.6 is 11.6 Å². The number of benzene rings is 2. The van der Waals surface area contributed by atoms with E-state index in [0.29, 0.717) is 10.7 Å². The van der Waals surface area contributed by atoms with E-state index in [9.17, 15) is 9.59 Å². The molecule has 4 nitrogen and oxygen atoms in total. The van der Waals surface area contributed by atoms with E-state index in [0.717, 1.165) is 24.0 Å². The largest absolute Gasteiger partial charge is 0.324 e. The summed E-state index contributed by atoms with van der Waals surface area (Å²) < 4.78 is 0. The smallest absolute Gasteiger partial charge is 0.244 e. The van der Waals surface area contributed by atoms with Gasteiger partial charge in [-0.25, -0.2) is 0 Å². The van der Waals surface area contributed by atoms with Crippen LogP contribution in [0.3, 0.4) is 0 Å². The van der Waals surface area contributed by atoms with Crippen molar-refractivity contribution < 1.29 is 9.59 Å². The molecule has 0 radical (unpaired) electrons. The predicted octanol–water partition coefficient (Wildman–Crippen LogP) is 3.62. The van der Waals surface area contributed by atoms with E-state index in [1.165, 1.54) is 0 Å². The molecule has 1 fully saturated rings. The van der Waals surface area contributed by atoms with Crippen molar-refractivity contribution in [1.82, 2.24) is 4.90 Å². The van der Waals surface area contributed by atoms with Gasteiger partial charge < -0.3 is 10.2 Å². The van der Waals surface area contributed by atoms with Gasteiger partial charge in [-0.3, -0.25) is 9.59 Å². The zero-order valence-electron chi connectivity index (χ0n) is 13.0. The molecule has 122 valence electrons. The van der Waals surface area contributed by atoms with Gasteiger partial charge >= 0.3 is 0 Å². The maximum absolute atomic E-state index is 12.9. The number of nitrogens with zero attached hydrogens (tertiary/aromatic N) is 1. The van der Waals surface area contributed by atoms with Gasteiger partial charge in [0.25, 0.3) is 0 Å². The fraction of sp³-hybridized carbons (Fsp3) is 0.263. The lowest BCUT2D eigenvalue weighted by Gasteiger charge is -2.30. The molecule has 1 aliphatic carbocycles. The number of hydrogen-bond donors (Lipinski definition) is 1. The third-order valence-electron chi connectivity index (χ3n) is 4.53. The number of hydrogen-bond acceptors (Lipinski definition) is 2. The highest BCUT2D eigenvalue weighted by Gasteiger charge is 2.40. The van der Waals surface area contributed by atoms with Crippen LogP contribution in [0.1, 0.15) is 30.0 Å². The van der Waals surface area contributed by atoms with Crippen LogP contribution in [-0.2, 0) is 9.59 Å². The topological polar surface area (TPSA) is 49.4 Å². The Hall–Kier alpha value is -2.33. The molecule has 0 spiro atoms. The molecule has 4 rings (SSSR count). The van der Waals surface area contributed by atoms with E-state index < -0.39 is 0 Å². The minimum absolute atomic E-state index is 0.0461. The summed E-state index contributed by atoms with van der Waals surface area (Å²) in [7, 11) is 0. The van der Waals surface area contributed by atoms with Crippen molar-refractivity contribution in [2.75, 3.05) is 11.9 Å². The second kappa shape index (κ2) is 5.95. The number of rotatable bonds is 2. The average molecular weight is 341 g/mol. The first-order valence-corrected chi connectivity index (χ1v) is 8.46. The third kappa shape index (κ3) is 2.78.